The lowest BCUT2D eigenvalue weighted by atomic mass is 10.1. The van der Waals surface area contributed by atoms with Crippen LogP contribution in [0.25, 0.3) is 6.08 Å². The summed E-state index contributed by atoms with van der Waals surface area (Å²) >= 11 is 3.38. The Bertz CT molecular complexity index is 1200. The first-order valence-electron chi connectivity index (χ1n) is 10.6. The first-order chi connectivity index (χ1) is 16.8. The number of methoxy groups -OCH3 is 2. The number of aryl methyl sites for hydroxylation is 1. The minimum absolute atomic E-state index is 0.0114. The maximum Gasteiger partial charge on any atom is 0.343 e. The monoisotopic (exact) mass is 545 g/mol. The maximum atomic E-state index is 12.8. The molecular formula is C24H24BrN3O7. The number of nitrogens with zero attached hydrogens (tertiary/aromatic N) is 1. The number of carbonyl (C=O) groups is 4. The minimum Gasteiger partial charge on any atom is -0.493 e. The fourth-order valence-electron chi connectivity index (χ4n) is 3.28. The number of benzene rings is 2. The molecule has 35 heavy (non-hydrogen) atoms. The summed E-state index contributed by atoms with van der Waals surface area (Å²) < 4.78 is 15.8. The zero-order valence-electron chi connectivity index (χ0n) is 19.3. The van der Waals surface area contributed by atoms with Crippen molar-refractivity contribution in [2.24, 2.45) is 0 Å². The molecule has 0 spiro atoms. The first-order valence-corrected chi connectivity index (χ1v) is 11.4. The number of ether oxygens (including phenoxy) is 3. The molecule has 0 aromatic heterocycles. The summed E-state index contributed by atoms with van der Waals surface area (Å²) in [6.07, 6.45) is 2.17. The molecule has 1 heterocycles. The van der Waals surface area contributed by atoms with E-state index in [2.05, 4.69) is 31.3 Å². The second kappa shape index (κ2) is 11.5. The van der Waals surface area contributed by atoms with E-state index in [0.717, 1.165) is 16.9 Å². The number of carbonyl (C=O) groups excluding carboxylic acids is 4. The number of para-hydroxylation sites is 1. The smallest absolute Gasteiger partial charge is 0.343 e. The van der Waals surface area contributed by atoms with Crippen molar-refractivity contribution < 1.29 is 33.4 Å². The minimum atomic E-state index is -0.707. The molecule has 0 radical (unpaired) electrons. The molecule has 2 N–H and O–H groups in total. The molecule has 1 aliphatic rings. The van der Waals surface area contributed by atoms with E-state index in [1.165, 1.54) is 20.3 Å². The Labute approximate surface area is 210 Å². The lowest BCUT2D eigenvalue weighted by Gasteiger charge is -2.14. The molecule has 1 saturated heterocycles. The van der Waals surface area contributed by atoms with Crippen LogP contribution in [0.3, 0.4) is 0 Å². The molecular weight excluding hydrogens is 522 g/mol. The molecule has 0 bridgehead atoms. The summed E-state index contributed by atoms with van der Waals surface area (Å²) in [7, 11) is 2.67. The number of urea groups is 1. The van der Waals surface area contributed by atoms with E-state index in [-0.39, 0.29) is 18.1 Å². The standard InChI is InChI=1S/C24H24BrN3O7/c1-4-14-7-5-6-8-17(14)26-21(29)12-28-23(31)18(27-24(28)32)9-15-10-19(33-2)20(11-16(15)25)35-13-22(30)34-3/h5-11H,4,12-13H2,1-3H3,(H,26,29)(H,27,32)/b18-9+. The maximum absolute atomic E-state index is 12.8. The van der Waals surface area contributed by atoms with Crippen LogP contribution in [0.4, 0.5) is 10.5 Å². The molecule has 184 valence electrons. The van der Waals surface area contributed by atoms with Crippen LogP contribution in [0, 0.1) is 0 Å². The molecule has 2 aromatic carbocycles. The van der Waals surface area contributed by atoms with Gasteiger partial charge in [-0.15, -0.1) is 0 Å². The first kappa shape index (κ1) is 25.8. The highest BCUT2D eigenvalue weighted by atomic mass is 79.9. The van der Waals surface area contributed by atoms with Gasteiger partial charge in [-0.05, 0) is 41.8 Å². The number of hydrogen-bond acceptors (Lipinski definition) is 7. The van der Waals surface area contributed by atoms with Crippen LogP contribution in [-0.2, 0) is 25.5 Å². The number of anilines is 1. The summed E-state index contributed by atoms with van der Waals surface area (Å²) in [6.45, 7) is 1.21. The van der Waals surface area contributed by atoms with Gasteiger partial charge in [0.1, 0.15) is 12.2 Å². The lowest BCUT2D eigenvalue weighted by Crippen LogP contribution is -2.38. The van der Waals surface area contributed by atoms with E-state index in [4.69, 9.17) is 9.47 Å². The molecule has 0 unspecified atom stereocenters. The highest BCUT2D eigenvalue weighted by Crippen LogP contribution is 2.35. The number of imide groups is 1. The number of halogens is 1. The van der Waals surface area contributed by atoms with Crippen molar-refractivity contribution in [3.63, 3.8) is 0 Å². The van der Waals surface area contributed by atoms with Crippen molar-refractivity contribution in [1.82, 2.24) is 10.2 Å². The van der Waals surface area contributed by atoms with E-state index < -0.39 is 30.4 Å². The third-order valence-corrected chi connectivity index (χ3v) is 5.78. The van der Waals surface area contributed by atoms with Crippen LogP contribution in [0.2, 0.25) is 0 Å². The van der Waals surface area contributed by atoms with Crippen molar-refractivity contribution in [2.45, 2.75) is 13.3 Å². The highest BCUT2D eigenvalue weighted by Gasteiger charge is 2.35. The van der Waals surface area contributed by atoms with Crippen LogP contribution in [0.1, 0.15) is 18.1 Å². The summed E-state index contributed by atoms with van der Waals surface area (Å²) in [5, 5.41) is 5.23. The fourth-order valence-corrected chi connectivity index (χ4v) is 3.72. The van der Waals surface area contributed by atoms with Crippen LogP contribution in [-0.4, -0.2) is 56.1 Å². The Morgan fingerprint density at radius 2 is 1.89 bits per heavy atom. The quantitative estimate of drug-likeness (QED) is 0.282. The number of hydrogen-bond donors (Lipinski definition) is 2. The predicted molar refractivity (Wildman–Crippen MR) is 131 cm³/mol. The van der Waals surface area contributed by atoms with E-state index in [0.29, 0.717) is 21.5 Å². The van der Waals surface area contributed by atoms with E-state index >= 15 is 0 Å². The summed E-state index contributed by atoms with van der Waals surface area (Å²) in [5.74, 6) is -1.13. The summed E-state index contributed by atoms with van der Waals surface area (Å²) in [5.41, 5.74) is 2.06. The SMILES string of the molecule is CCc1ccccc1NC(=O)CN1C(=O)N/C(=C/c2cc(OC)c(OCC(=O)OC)cc2Br)C1=O. The predicted octanol–water partition coefficient (Wildman–Crippen LogP) is 3.10. The topological polar surface area (TPSA) is 123 Å². The fraction of sp³-hybridized carbons (Fsp3) is 0.250. The molecule has 11 heteroatoms. The normalized spacial score (nSPS) is 14.1. The summed E-state index contributed by atoms with van der Waals surface area (Å²) in [6, 6.07) is 9.74. The molecule has 4 amide bonds. The molecule has 2 aromatic rings. The lowest BCUT2D eigenvalue weighted by molar-refractivity contribution is -0.143. The van der Waals surface area contributed by atoms with Crippen LogP contribution in [0.5, 0.6) is 11.5 Å². The number of esters is 1. The van der Waals surface area contributed by atoms with Crippen molar-refractivity contribution in [3.05, 3.63) is 57.7 Å². The van der Waals surface area contributed by atoms with Crippen molar-refractivity contribution >= 4 is 51.5 Å². The van der Waals surface area contributed by atoms with E-state index in [1.807, 2.05) is 19.1 Å². The average molecular weight is 546 g/mol. The zero-order chi connectivity index (χ0) is 25.5. The largest absolute Gasteiger partial charge is 0.493 e. The van der Waals surface area contributed by atoms with Gasteiger partial charge in [-0.3, -0.25) is 9.59 Å². The van der Waals surface area contributed by atoms with Gasteiger partial charge in [0.25, 0.3) is 5.91 Å². The van der Waals surface area contributed by atoms with Crippen molar-refractivity contribution in [3.8, 4) is 11.5 Å². The number of amides is 4. The van der Waals surface area contributed by atoms with Gasteiger partial charge in [-0.25, -0.2) is 14.5 Å². The van der Waals surface area contributed by atoms with Gasteiger partial charge >= 0.3 is 12.0 Å². The van der Waals surface area contributed by atoms with Gasteiger partial charge in [-0.2, -0.15) is 0 Å². The Kier molecular flexibility index (Phi) is 8.48. The van der Waals surface area contributed by atoms with Gasteiger partial charge in [0, 0.05) is 10.2 Å². The average Bonchev–Trinajstić information content (AvgIpc) is 3.11. The highest BCUT2D eigenvalue weighted by molar-refractivity contribution is 9.10. The van der Waals surface area contributed by atoms with Crippen molar-refractivity contribution in [1.29, 1.82) is 0 Å². The third-order valence-electron chi connectivity index (χ3n) is 5.09. The Morgan fingerprint density at radius 1 is 1.14 bits per heavy atom. The molecule has 0 atom stereocenters. The van der Waals surface area contributed by atoms with Crippen LogP contribution < -0.4 is 20.1 Å². The van der Waals surface area contributed by atoms with Crippen LogP contribution >= 0.6 is 15.9 Å². The van der Waals surface area contributed by atoms with Gasteiger partial charge < -0.3 is 24.8 Å². The second-order valence-corrected chi connectivity index (χ2v) is 8.18. The molecule has 0 saturated carbocycles. The van der Waals surface area contributed by atoms with Gasteiger partial charge in [0.05, 0.1) is 14.2 Å². The number of rotatable bonds is 9. The van der Waals surface area contributed by atoms with Gasteiger partial charge in [0.2, 0.25) is 5.91 Å². The molecule has 1 aliphatic heterocycles. The Hall–Kier alpha value is -3.86. The van der Waals surface area contributed by atoms with E-state index in [9.17, 15) is 19.2 Å². The second-order valence-electron chi connectivity index (χ2n) is 7.33. The zero-order valence-corrected chi connectivity index (χ0v) is 20.9. The third kappa shape index (κ3) is 6.18. The Balaban J connectivity index is 1.75. The van der Waals surface area contributed by atoms with Crippen molar-refractivity contribution in [2.75, 3.05) is 32.7 Å². The van der Waals surface area contributed by atoms with Gasteiger partial charge in [-0.1, -0.05) is 41.1 Å². The molecule has 10 nitrogen and oxygen atoms in total. The molecule has 0 aliphatic carbocycles. The van der Waals surface area contributed by atoms with E-state index in [1.54, 1.807) is 24.3 Å². The Morgan fingerprint density at radius 3 is 2.57 bits per heavy atom. The number of nitrogens with one attached hydrogen (secondary N) is 2. The summed E-state index contributed by atoms with van der Waals surface area (Å²) in [4.78, 5) is 50.0. The van der Waals surface area contributed by atoms with Gasteiger partial charge in [0.15, 0.2) is 18.1 Å². The molecule has 1 fully saturated rings. The van der Waals surface area contributed by atoms with Crippen LogP contribution in [0.15, 0.2) is 46.6 Å². The molecule has 3 rings (SSSR count).